The van der Waals surface area contributed by atoms with Gasteiger partial charge in [0.2, 0.25) is 0 Å². The van der Waals surface area contributed by atoms with Crippen molar-refractivity contribution >= 4 is 0 Å². The van der Waals surface area contributed by atoms with E-state index in [1.54, 1.807) is 0 Å². The Morgan fingerprint density at radius 1 is 1.33 bits per heavy atom. The summed E-state index contributed by atoms with van der Waals surface area (Å²) in [6.45, 7) is 9.50. The van der Waals surface area contributed by atoms with Crippen LogP contribution in [0.5, 0.6) is 0 Å². The van der Waals surface area contributed by atoms with Gasteiger partial charge in [-0.25, -0.2) is 0 Å². The fourth-order valence-electron chi connectivity index (χ4n) is 1.44. The average Bonchev–Trinajstić information content (AvgIpc) is 2.07. The van der Waals surface area contributed by atoms with Crippen LogP contribution in [0.3, 0.4) is 0 Å². The molecule has 12 heavy (non-hydrogen) atoms. The van der Waals surface area contributed by atoms with Gasteiger partial charge in [0.05, 0.1) is 0 Å². The first-order valence-electron chi connectivity index (χ1n) is 5.09. The second-order valence-electron chi connectivity index (χ2n) is 3.40. The van der Waals surface area contributed by atoms with Crippen molar-refractivity contribution in [2.45, 2.75) is 45.6 Å². The smallest absolute Gasteiger partial charge is 0.0269 e. The monoisotopic (exact) mass is 169 g/mol. The van der Waals surface area contributed by atoms with Crippen molar-refractivity contribution in [2.75, 3.05) is 13.6 Å². The second kappa shape index (κ2) is 7.35. The molecule has 0 aliphatic heterocycles. The molecule has 72 valence electrons. The Hall–Kier alpha value is -0.300. The van der Waals surface area contributed by atoms with E-state index >= 15 is 0 Å². The summed E-state index contributed by atoms with van der Waals surface area (Å²) in [4.78, 5) is 2.39. The minimum Gasteiger partial charge on any atom is -0.300 e. The number of hydrogen-bond acceptors (Lipinski definition) is 1. The molecule has 0 aliphatic rings. The van der Waals surface area contributed by atoms with E-state index in [1.807, 2.05) is 6.08 Å². The van der Waals surface area contributed by atoms with E-state index in [4.69, 9.17) is 0 Å². The first kappa shape index (κ1) is 11.7. The average molecular weight is 169 g/mol. The van der Waals surface area contributed by atoms with Crippen LogP contribution in [-0.2, 0) is 0 Å². The van der Waals surface area contributed by atoms with E-state index in [9.17, 15) is 0 Å². The Balaban J connectivity index is 3.53. The van der Waals surface area contributed by atoms with Crippen LogP contribution in [0.1, 0.15) is 39.5 Å². The van der Waals surface area contributed by atoms with Crippen molar-refractivity contribution in [3.8, 4) is 0 Å². The van der Waals surface area contributed by atoms with Crippen molar-refractivity contribution < 1.29 is 0 Å². The molecule has 1 nitrogen and oxygen atoms in total. The van der Waals surface area contributed by atoms with Crippen LogP contribution in [0.15, 0.2) is 12.7 Å². The van der Waals surface area contributed by atoms with Crippen molar-refractivity contribution in [1.29, 1.82) is 0 Å². The van der Waals surface area contributed by atoms with Gasteiger partial charge < -0.3 is 0 Å². The van der Waals surface area contributed by atoms with Crippen LogP contribution in [0.4, 0.5) is 0 Å². The molecule has 0 heterocycles. The van der Waals surface area contributed by atoms with Gasteiger partial charge in [0, 0.05) is 6.04 Å². The largest absolute Gasteiger partial charge is 0.300 e. The SMILES string of the molecule is C=CC(CC)N(C)CCCCC. The van der Waals surface area contributed by atoms with Crippen LogP contribution < -0.4 is 0 Å². The van der Waals surface area contributed by atoms with E-state index in [0.29, 0.717) is 6.04 Å². The molecule has 0 aromatic rings. The lowest BCUT2D eigenvalue weighted by Gasteiger charge is -2.23. The molecule has 0 radical (unpaired) electrons. The van der Waals surface area contributed by atoms with Crippen LogP contribution in [0.2, 0.25) is 0 Å². The Morgan fingerprint density at radius 2 is 2.00 bits per heavy atom. The molecule has 0 aromatic heterocycles. The van der Waals surface area contributed by atoms with Gasteiger partial charge in [0.15, 0.2) is 0 Å². The predicted octanol–water partition coefficient (Wildman–Crippen LogP) is 3.07. The molecule has 0 saturated heterocycles. The third kappa shape index (κ3) is 4.55. The molecule has 0 bridgehead atoms. The lowest BCUT2D eigenvalue weighted by molar-refractivity contribution is 0.270. The summed E-state index contributed by atoms with van der Waals surface area (Å²) in [5.41, 5.74) is 0. The standard InChI is InChI=1S/C11H23N/c1-5-8-9-10-12(4)11(6-2)7-3/h6,11H,2,5,7-10H2,1,3-4H3. The van der Waals surface area contributed by atoms with E-state index < -0.39 is 0 Å². The second-order valence-corrected chi connectivity index (χ2v) is 3.40. The minimum absolute atomic E-state index is 0.571. The maximum atomic E-state index is 3.84. The summed E-state index contributed by atoms with van der Waals surface area (Å²) in [7, 11) is 2.19. The van der Waals surface area contributed by atoms with Crippen molar-refractivity contribution in [1.82, 2.24) is 4.90 Å². The Bertz CT molecular complexity index is 110. The summed E-state index contributed by atoms with van der Waals surface area (Å²) in [6.07, 6.45) is 7.19. The first-order chi connectivity index (χ1) is 5.76. The lowest BCUT2D eigenvalue weighted by atomic mass is 10.2. The van der Waals surface area contributed by atoms with Gasteiger partial charge in [-0.1, -0.05) is 32.8 Å². The molecule has 0 spiro atoms. The fraction of sp³-hybridized carbons (Fsp3) is 0.818. The lowest BCUT2D eigenvalue weighted by Crippen LogP contribution is -2.30. The summed E-state index contributed by atoms with van der Waals surface area (Å²) in [5, 5.41) is 0. The zero-order valence-corrected chi connectivity index (χ0v) is 8.84. The molecule has 0 aliphatic carbocycles. The number of unbranched alkanes of at least 4 members (excludes halogenated alkanes) is 2. The quantitative estimate of drug-likeness (QED) is 0.418. The number of rotatable bonds is 7. The summed E-state index contributed by atoms with van der Waals surface area (Å²) < 4.78 is 0. The fourth-order valence-corrected chi connectivity index (χ4v) is 1.44. The highest BCUT2D eigenvalue weighted by Gasteiger charge is 2.06. The maximum Gasteiger partial charge on any atom is 0.0269 e. The normalized spacial score (nSPS) is 13.3. The highest BCUT2D eigenvalue weighted by molar-refractivity contribution is 4.85. The van der Waals surface area contributed by atoms with Gasteiger partial charge in [-0.2, -0.15) is 0 Å². The molecule has 0 saturated carbocycles. The molecule has 1 atom stereocenters. The van der Waals surface area contributed by atoms with E-state index in [-0.39, 0.29) is 0 Å². The van der Waals surface area contributed by atoms with E-state index in [0.717, 1.165) is 0 Å². The Labute approximate surface area is 77.5 Å². The maximum absolute atomic E-state index is 3.84. The summed E-state index contributed by atoms with van der Waals surface area (Å²) in [5.74, 6) is 0. The molecular weight excluding hydrogens is 146 g/mol. The van der Waals surface area contributed by atoms with Crippen molar-refractivity contribution in [3.05, 3.63) is 12.7 Å². The van der Waals surface area contributed by atoms with Gasteiger partial charge in [0.25, 0.3) is 0 Å². The number of hydrogen-bond donors (Lipinski definition) is 0. The first-order valence-corrected chi connectivity index (χ1v) is 5.09. The highest BCUT2D eigenvalue weighted by atomic mass is 15.1. The van der Waals surface area contributed by atoms with Gasteiger partial charge >= 0.3 is 0 Å². The Morgan fingerprint density at radius 3 is 2.42 bits per heavy atom. The van der Waals surface area contributed by atoms with Crippen LogP contribution >= 0.6 is 0 Å². The zero-order valence-electron chi connectivity index (χ0n) is 8.84. The zero-order chi connectivity index (χ0) is 9.40. The van der Waals surface area contributed by atoms with Gasteiger partial charge in [-0.3, -0.25) is 4.90 Å². The topological polar surface area (TPSA) is 3.24 Å². The highest BCUT2D eigenvalue weighted by Crippen LogP contribution is 2.04. The van der Waals surface area contributed by atoms with Crippen LogP contribution in [-0.4, -0.2) is 24.5 Å². The molecule has 0 rings (SSSR count). The van der Waals surface area contributed by atoms with E-state index in [1.165, 1.54) is 32.2 Å². The molecule has 1 heteroatoms. The minimum atomic E-state index is 0.571. The summed E-state index contributed by atoms with van der Waals surface area (Å²) >= 11 is 0. The molecule has 1 unspecified atom stereocenters. The van der Waals surface area contributed by atoms with E-state index in [2.05, 4.69) is 32.4 Å². The third-order valence-electron chi connectivity index (χ3n) is 2.37. The van der Waals surface area contributed by atoms with Crippen molar-refractivity contribution in [3.63, 3.8) is 0 Å². The Kier molecular flexibility index (Phi) is 7.17. The van der Waals surface area contributed by atoms with Gasteiger partial charge in [0.1, 0.15) is 0 Å². The van der Waals surface area contributed by atoms with Crippen molar-refractivity contribution in [2.24, 2.45) is 0 Å². The van der Waals surface area contributed by atoms with Crippen LogP contribution in [0.25, 0.3) is 0 Å². The van der Waals surface area contributed by atoms with Gasteiger partial charge in [-0.15, -0.1) is 6.58 Å². The summed E-state index contributed by atoms with van der Waals surface area (Å²) in [6, 6.07) is 0.571. The molecule has 0 amide bonds. The molecule has 0 aromatic carbocycles. The molecular formula is C11H23N. The molecule has 0 N–H and O–H groups in total. The third-order valence-corrected chi connectivity index (χ3v) is 2.37. The molecule has 0 fully saturated rings. The predicted molar refractivity (Wildman–Crippen MR) is 56.4 cm³/mol. The van der Waals surface area contributed by atoms with Crippen LogP contribution in [0, 0.1) is 0 Å². The number of likely N-dealkylation sites (N-methyl/N-ethyl adjacent to an activating group) is 1. The number of nitrogens with zero attached hydrogens (tertiary/aromatic N) is 1. The van der Waals surface area contributed by atoms with Gasteiger partial charge in [-0.05, 0) is 26.4 Å².